The Kier molecular flexibility index (Phi) is 4.51. The average molecular weight is 309 g/mol. The molecule has 1 unspecified atom stereocenters. The molecule has 2 aromatic rings. The molecule has 0 fully saturated rings. The van der Waals surface area contributed by atoms with Crippen LogP contribution in [0, 0.1) is 10.1 Å². The molecular weight excluding hydrogens is 296 g/mol. The monoisotopic (exact) mass is 308 g/mol. The summed E-state index contributed by atoms with van der Waals surface area (Å²) in [4.78, 5) is 18.2. The van der Waals surface area contributed by atoms with Gasteiger partial charge in [-0.05, 0) is 24.6 Å². The molecule has 8 nitrogen and oxygen atoms in total. The van der Waals surface area contributed by atoms with Crippen molar-refractivity contribution in [2.24, 2.45) is 5.84 Å². The predicted molar refractivity (Wildman–Crippen MR) is 80.0 cm³/mol. The molecule has 0 saturated heterocycles. The second-order valence-corrected chi connectivity index (χ2v) is 4.68. The lowest BCUT2D eigenvalue weighted by atomic mass is 10.1. The Morgan fingerprint density at radius 1 is 1.38 bits per heavy atom. The van der Waals surface area contributed by atoms with Crippen molar-refractivity contribution in [3.8, 4) is 0 Å². The Balaban J connectivity index is 2.33. The summed E-state index contributed by atoms with van der Waals surface area (Å²) in [5, 5.41) is 14.7. The number of nitrogens with one attached hydrogen (secondary N) is 2. The lowest BCUT2D eigenvalue weighted by Crippen LogP contribution is -2.15. The number of hydrogen-bond acceptors (Lipinski definition) is 7. The molecule has 1 aromatic carbocycles. The van der Waals surface area contributed by atoms with Crippen molar-refractivity contribution in [3.63, 3.8) is 0 Å². The Labute approximate surface area is 125 Å². The van der Waals surface area contributed by atoms with Gasteiger partial charge in [-0.2, -0.15) is 0 Å². The summed E-state index contributed by atoms with van der Waals surface area (Å²) in [6.45, 7) is 1.84. The van der Waals surface area contributed by atoms with Gasteiger partial charge in [0.1, 0.15) is 6.33 Å². The summed E-state index contributed by atoms with van der Waals surface area (Å²) in [5.41, 5.74) is 2.75. The zero-order valence-electron chi connectivity index (χ0n) is 11.1. The molecule has 0 aliphatic carbocycles. The van der Waals surface area contributed by atoms with Gasteiger partial charge in [-0.3, -0.25) is 10.1 Å². The summed E-state index contributed by atoms with van der Waals surface area (Å²) in [6.07, 6.45) is 1.19. The highest BCUT2D eigenvalue weighted by molar-refractivity contribution is 6.30. The highest BCUT2D eigenvalue weighted by Crippen LogP contribution is 2.31. The number of aromatic nitrogens is 2. The predicted octanol–water partition coefficient (Wildman–Crippen LogP) is 2.50. The third-order valence-electron chi connectivity index (χ3n) is 2.84. The van der Waals surface area contributed by atoms with Gasteiger partial charge in [0.25, 0.3) is 0 Å². The maximum absolute atomic E-state index is 11.1. The summed E-state index contributed by atoms with van der Waals surface area (Å²) >= 11 is 5.93. The molecular formula is C12H13ClN6O2. The lowest BCUT2D eigenvalue weighted by molar-refractivity contribution is -0.383. The maximum Gasteiger partial charge on any atom is 0.354 e. The van der Waals surface area contributed by atoms with Crippen LogP contribution in [-0.4, -0.2) is 14.9 Å². The molecule has 0 saturated carbocycles. The number of hydrogen-bond donors (Lipinski definition) is 3. The number of nitrogen functional groups attached to an aromatic ring is 1. The highest BCUT2D eigenvalue weighted by Gasteiger charge is 2.23. The summed E-state index contributed by atoms with van der Waals surface area (Å²) in [7, 11) is 0. The van der Waals surface area contributed by atoms with Gasteiger partial charge in [0.2, 0.25) is 11.6 Å². The molecule has 9 heteroatoms. The van der Waals surface area contributed by atoms with Gasteiger partial charge in [-0.1, -0.05) is 23.7 Å². The minimum Gasteiger partial charge on any atom is -0.358 e. The number of rotatable bonds is 5. The first-order valence-corrected chi connectivity index (χ1v) is 6.38. The largest absolute Gasteiger partial charge is 0.358 e. The molecule has 0 spiro atoms. The van der Waals surface area contributed by atoms with Gasteiger partial charge in [0.15, 0.2) is 0 Å². The van der Waals surface area contributed by atoms with Crippen LogP contribution in [0.25, 0.3) is 0 Å². The first kappa shape index (κ1) is 14.9. The molecule has 4 N–H and O–H groups in total. The molecule has 1 heterocycles. The number of halogens is 1. The fourth-order valence-electron chi connectivity index (χ4n) is 1.83. The van der Waals surface area contributed by atoms with Crippen molar-refractivity contribution >= 4 is 28.9 Å². The van der Waals surface area contributed by atoms with Crippen molar-refractivity contribution in [2.75, 3.05) is 10.7 Å². The van der Waals surface area contributed by atoms with Gasteiger partial charge in [0.05, 0.1) is 11.0 Å². The summed E-state index contributed by atoms with van der Waals surface area (Å²) in [5.74, 6) is 5.25. The molecule has 0 aliphatic heterocycles. The Hall–Kier alpha value is -2.45. The van der Waals surface area contributed by atoms with Gasteiger partial charge >= 0.3 is 5.69 Å². The fraction of sp³-hybridized carbons (Fsp3) is 0.167. The Morgan fingerprint density at radius 3 is 2.71 bits per heavy atom. The number of nitro groups is 1. The molecule has 1 atom stereocenters. The van der Waals surface area contributed by atoms with E-state index in [9.17, 15) is 10.1 Å². The van der Waals surface area contributed by atoms with Crippen LogP contribution in [0.15, 0.2) is 30.6 Å². The van der Waals surface area contributed by atoms with Crippen molar-refractivity contribution < 1.29 is 4.92 Å². The van der Waals surface area contributed by atoms with Crippen LogP contribution in [0.3, 0.4) is 0 Å². The van der Waals surface area contributed by atoms with E-state index in [4.69, 9.17) is 17.4 Å². The lowest BCUT2D eigenvalue weighted by Gasteiger charge is -2.15. The summed E-state index contributed by atoms with van der Waals surface area (Å²) < 4.78 is 0. The van der Waals surface area contributed by atoms with Crippen LogP contribution in [0.4, 0.5) is 17.3 Å². The van der Waals surface area contributed by atoms with Crippen molar-refractivity contribution in [2.45, 2.75) is 13.0 Å². The minimum absolute atomic E-state index is 0.0594. The van der Waals surface area contributed by atoms with Crippen LogP contribution in [0.2, 0.25) is 5.02 Å². The number of nitrogens with zero attached hydrogens (tertiary/aromatic N) is 3. The topological polar surface area (TPSA) is 119 Å². The Morgan fingerprint density at radius 2 is 2.10 bits per heavy atom. The normalized spacial score (nSPS) is 11.8. The number of hydrazine groups is 1. The van der Waals surface area contributed by atoms with Crippen LogP contribution in [0.1, 0.15) is 18.5 Å². The quantitative estimate of drug-likeness (QED) is 0.441. The average Bonchev–Trinajstić information content (AvgIpc) is 2.46. The van der Waals surface area contributed by atoms with E-state index in [1.165, 1.54) is 6.33 Å². The van der Waals surface area contributed by atoms with Crippen LogP contribution >= 0.6 is 11.6 Å². The van der Waals surface area contributed by atoms with E-state index in [-0.39, 0.29) is 23.4 Å². The second kappa shape index (κ2) is 6.33. The van der Waals surface area contributed by atoms with E-state index in [2.05, 4.69) is 20.7 Å². The molecule has 2 rings (SSSR count). The van der Waals surface area contributed by atoms with Gasteiger partial charge in [-0.25, -0.2) is 15.8 Å². The molecule has 21 heavy (non-hydrogen) atoms. The van der Waals surface area contributed by atoms with Gasteiger partial charge in [0, 0.05) is 5.02 Å². The Bertz CT molecular complexity index is 666. The van der Waals surface area contributed by atoms with Crippen LogP contribution in [0.5, 0.6) is 0 Å². The van der Waals surface area contributed by atoms with E-state index >= 15 is 0 Å². The first-order chi connectivity index (χ1) is 10.0. The third kappa shape index (κ3) is 3.36. The fourth-order valence-corrected chi connectivity index (χ4v) is 2.03. The minimum atomic E-state index is -0.595. The van der Waals surface area contributed by atoms with Gasteiger partial charge in [-0.15, -0.1) is 0 Å². The number of anilines is 2. The summed E-state index contributed by atoms with van der Waals surface area (Å²) in [6, 6.07) is 6.95. The zero-order chi connectivity index (χ0) is 15.4. The van der Waals surface area contributed by atoms with E-state index in [0.29, 0.717) is 5.02 Å². The van der Waals surface area contributed by atoms with E-state index in [1.54, 1.807) is 18.2 Å². The number of benzene rings is 1. The van der Waals surface area contributed by atoms with E-state index < -0.39 is 4.92 Å². The molecule has 0 bridgehead atoms. The van der Waals surface area contributed by atoms with E-state index in [1.807, 2.05) is 13.0 Å². The SMILES string of the molecule is CC(Nc1ncnc(NN)c1[N+](=O)[O-])c1cccc(Cl)c1. The number of nitrogens with two attached hydrogens (primary N) is 1. The highest BCUT2D eigenvalue weighted by atomic mass is 35.5. The standard InChI is InChI=1S/C12H13ClN6O2/c1-7(8-3-2-4-9(13)5-8)17-11-10(19(20)21)12(18-14)16-6-15-11/h2-7H,14H2,1H3,(H2,15,16,17,18). The van der Waals surface area contributed by atoms with Crippen molar-refractivity contribution in [1.29, 1.82) is 0 Å². The van der Waals surface area contributed by atoms with Crippen molar-refractivity contribution in [3.05, 3.63) is 51.3 Å². The smallest absolute Gasteiger partial charge is 0.354 e. The van der Waals surface area contributed by atoms with Crippen LogP contribution < -0.4 is 16.6 Å². The van der Waals surface area contributed by atoms with Crippen LogP contribution in [-0.2, 0) is 0 Å². The van der Waals surface area contributed by atoms with Crippen molar-refractivity contribution in [1.82, 2.24) is 9.97 Å². The second-order valence-electron chi connectivity index (χ2n) is 4.24. The third-order valence-corrected chi connectivity index (χ3v) is 3.08. The molecule has 0 aliphatic rings. The molecule has 110 valence electrons. The maximum atomic E-state index is 11.1. The zero-order valence-corrected chi connectivity index (χ0v) is 11.8. The van der Waals surface area contributed by atoms with E-state index in [0.717, 1.165) is 5.56 Å². The molecule has 1 aromatic heterocycles. The first-order valence-electron chi connectivity index (χ1n) is 6.01. The molecule has 0 radical (unpaired) electrons. The van der Waals surface area contributed by atoms with Gasteiger partial charge < -0.3 is 10.7 Å². The molecule has 0 amide bonds.